The number of aromatic nitrogens is 2. The van der Waals surface area contributed by atoms with Crippen LogP contribution in [0.3, 0.4) is 0 Å². The number of carbonyl (C=O) groups excluding carboxylic acids is 1. The molecule has 1 fully saturated rings. The Balaban J connectivity index is 1.55. The second-order valence-electron chi connectivity index (χ2n) is 7.16. The van der Waals surface area contributed by atoms with Crippen LogP contribution in [-0.4, -0.2) is 46.7 Å². The van der Waals surface area contributed by atoms with Crippen LogP contribution in [0.1, 0.15) is 36.6 Å². The van der Waals surface area contributed by atoms with Gasteiger partial charge in [0, 0.05) is 37.4 Å². The Morgan fingerprint density at radius 1 is 1.18 bits per heavy atom. The highest BCUT2D eigenvalue weighted by molar-refractivity contribution is 5.67. The number of carbonyl (C=O) groups is 1. The number of nitrogens with zero attached hydrogens (tertiary/aromatic N) is 3. The summed E-state index contributed by atoms with van der Waals surface area (Å²) in [7, 11) is 0. The van der Waals surface area contributed by atoms with Crippen molar-refractivity contribution >= 4 is 17.9 Å². The van der Waals surface area contributed by atoms with Crippen LogP contribution in [0.2, 0.25) is 0 Å². The molecule has 7 heteroatoms. The van der Waals surface area contributed by atoms with E-state index in [0.717, 1.165) is 24.4 Å². The Labute approximate surface area is 166 Å². The van der Waals surface area contributed by atoms with Crippen molar-refractivity contribution in [1.29, 1.82) is 0 Å². The second-order valence-corrected chi connectivity index (χ2v) is 7.16. The zero-order chi connectivity index (χ0) is 19.9. The molecule has 1 saturated heterocycles. The lowest BCUT2D eigenvalue weighted by molar-refractivity contribution is 0.0983. The van der Waals surface area contributed by atoms with Crippen molar-refractivity contribution in [1.82, 2.24) is 14.9 Å². The molecule has 0 unspecified atom stereocenters. The Hall–Kier alpha value is -2.83. The summed E-state index contributed by atoms with van der Waals surface area (Å²) < 4.78 is 5.07. The molecule has 1 aliphatic rings. The van der Waals surface area contributed by atoms with E-state index in [1.165, 1.54) is 11.1 Å². The first-order valence-electron chi connectivity index (χ1n) is 9.87. The van der Waals surface area contributed by atoms with Gasteiger partial charge in [0.2, 0.25) is 5.95 Å². The largest absolute Gasteiger partial charge is 0.450 e. The van der Waals surface area contributed by atoms with Gasteiger partial charge in [0.25, 0.3) is 0 Å². The number of hydrogen-bond acceptors (Lipinski definition) is 6. The van der Waals surface area contributed by atoms with Crippen LogP contribution in [0, 0.1) is 13.8 Å². The van der Waals surface area contributed by atoms with Gasteiger partial charge in [-0.25, -0.2) is 9.78 Å². The maximum absolute atomic E-state index is 11.8. The van der Waals surface area contributed by atoms with E-state index in [9.17, 15) is 4.79 Å². The van der Waals surface area contributed by atoms with Gasteiger partial charge >= 0.3 is 6.09 Å². The highest BCUT2D eigenvalue weighted by atomic mass is 16.6. The summed E-state index contributed by atoms with van der Waals surface area (Å²) in [6, 6.07) is 10.6. The van der Waals surface area contributed by atoms with Gasteiger partial charge in [-0.15, -0.1) is 0 Å². The molecule has 3 rings (SSSR count). The molecular weight excluding hydrogens is 354 g/mol. The molecule has 7 nitrogen and oxygen atoms in total. The predicted octanol–water partition coefficient (Wildman–Crippen LogP) is 3.74. The van der Waals surface area contributed by atoms with E-state index in [-0.39, 0.29) is 12.1 Å². The maximum atomic E-state index is 11.8. The average molecular weight is 383 g/mol. The number of anilines is 2. The third-order valence-electron chi connectivity index (χ3n) is 4.80. The minimum atomic E-state index is -0.227. The zero-order valence-corrected chi connectivity index (χ0v) is 16.9. The highest BCUT2D eigenvalue weighted by Crippen LogP contribution is 2.17. The topological polar surface area (TPSA) is 79.4 Å². The first kappa shape index (κ1) is 19.9. The number of hydrogen-bond donors (Lipinski definition) is 2. The van der Waals surface area contributed by atoms with Gasteiger partial charge in [0.1, 0.15) is 5.82 Å². The molecule has 0 spiro atoms. The molecule has 1 amide bonds. The quantitative estimate of drug-likeness (QED) is 0.791. The van der Waals surface area contributed by atoms with Crippen LogP contribution in [0.5, 0.6) is 0 Å². The van der Waals surface area contributed by atoms with Crippen molar-refractivity contribution in [2.45, 2.75) is 46.2 Å². The smallest absolute Gasteiger partial charge is 0.409 e. The van der Waals surface area contributed by atoms with Crippen LogP contribution in [0.4, 0.5) is 16.6 Å². The Bertz CT molecular complexity index is 786. The second kappa shape index (κ2) is 9.39. The molecule has 0 saturated carbocycles. The zero-order valence-electron chi connectivity index (χ0n) is 16.9. The fourth-order valence-corrected chi connectivity index (χ4v) is 3.23. The molecule has 2 N–H and O–H groups in total. The van der Waals surface area contributed by atoms with Crippen molar-refractivity contribution in [3.05, 3.63) is 47.2 Å². The molecule has 1 aliphatic heterocycles. The predicted molar refractivity (Wildman–Crippen MR) is 111 cm³/mol. The van der Waals surface area contributed by atoms with Crippen molar-refractivity contribution in [2.24, 2.45) is 0 Å². The summed E-state index contributed by atoms with van der Waals surface area (Å²) in [6.07, 6.45) is 1.47. The van der Waals surface area contributed by atoms with E-state index in [2.05, 4.69) is 51.8 Å². The number of piperidine rings is 1. The van der Waals surface area contributed by atoms with Gasteiger partial charge < -0.3 is 20.3 Å². The van der Waals surface area contributed by atoms with E-state index in [1.807, 2.05) is 19.9 Å². The Morgan fingerprint density at radius 2 is 1.89 bits per heavy atom. The SMILES string of the molecule is CCOC(=O)N1CCC(Nc2nc(C)cc(NCc3ccc(C)cc3)n2)CC1. The first-order chi connectivity index (χ1) is 13.5. The van der Waals surface area contributed by atoms with E-state index < -0.39 is 0 Å². The first-order valence-corrected chi connectivity index (χ1v) is 9.87. The Kier molecular flexibility index (Phi) is 6.68. The molecule has 28 heavy (non-hydrogen) atoms. The van der Waals surface area contributed by atoms with E-state index in [4.69, 9.17) is 4.74 Å². The molecule has 1 aromatic carbocycles. The van der Waals surface area contributed by atoms with E-state index in [0.29, 0.717) is 32.2 Å². The van der Waals surface area contributed by atoms with Gasteiger partial charge in [0.05, 0.1) is 6.61 Å². The minimum absolute atomic E-state index is 0.227. The number of nitrogens with one attached hydrogen (secondary N) is 2. The number of rotatable bonds is 6. The molecule has 1 aromatic heterocycles. The molecule has 0 bridgehead atoms. The molecule has 0 radical (unpaired) electrons. The number of amides is 1. The van der Waals surface area contributed by atoms with Crippen LogP contribution in [-0.2, 0) is 11.3 Å². The normalized spacial score (nSPS) is 14.6. The number of aryl methyl sites for hydroxylation is 2. The van der Waals surface area contributed by atoms with Crippen LogP contribution >= 0.6 is 0 Å². The molecule has 0 aliphatic carbocycles. The summed E-state index contributed by atoms with van der Waals surface area (Å²) >= 11 is 0. The summed E-state index contributed by atoms with van der Waals surface area (Å²) in [5, 5.41) is 6.79. The molecule has 0 atom stereocenters. The summed E-state index contributed by atoms with van der Waals surface area (Å²) in [5.41, 5.74) is 3.37. The van der Waals surface area contributed by atoms with E-state index >= 15 is 0 Å². The van der Waals surface area contributed by atoms with Crippen LogP contribution in [0.25, 0.3) is 0 Å². The number of likely N-dealkylation sites (tertiary alicyclic amines) is 1. The summed E-state index contributed by atoms with van der Waals surface area (Å²) in [4.78, 5) is 22.7. The van der Waals surface area contributed by atoms with Crippen molar-refractivity contribution in [2.75, 3.05) is 30.3 Å². The lowest BCUT2D eigenvalue weighted by Crippen LogP contribution is -2.42. The molecule has 150 valence electrons. The standard InChI is InChI=1S/C21H29N5O2/c1-4-28-21(27)26-11-9-18(10-12-26)24-20-23-16(3)13-19(25-20)22-14-17-7-5-15(2)6-8-17/h5-8,13,18H,4,9-12,14H2,1-3H3,(H2,22,23,24,25). The lowest BCUT2D eigenvalue weighted by Gasteiger charge is -2.31. The van der Waals surface area contributed by atoms with Gasteiger partial charge in [0.15, 0.2) is 0 Å². The van der Waals surface area contributed by atoms with Gasteiger partial charge in [-0.3, -0.25) is 0 Å². The van der Waals surface area contributed by atoms with E-state index in [1.54, 1.807) is 4.90 Å². The molecular formula is C21H29N5O2. The lowest BCUT2D eigenvalue weighted by atomic mass is 10.1. The number of benzene rings is 1. The molecule has 2 heterocycles. The van der Waals surface area contributed by atoms with Crippen molar-refractivity contribution < 1.29 is 9.53 Å². The summed E-state index contributed by atoms with van der Waals surface area (Å²) in [6.45, 7) is 8.36. The van der Waals surface area contributed by atoms with Gasteiger partial charge in [-0.1, -0.05) is 29.8 Å². The average Bonchev–Trinajstić information content (AvgIpc) is 2.68. The van der Waals surface area contributed by atoms with Crippen molar-refractivity contribution in [3.8, 4) is 0 Å². The third-order valence-corrected chi connectivity index (χ3v) is 4.80. The fraction of sp³-hybridized carbons (Fsp3) is 0.476. The summed E-state index contributed by atoms with van der Waals surface area (Å²) in [5.74, 6) is 1.43. The Morgan fingerprint density at radius 3 is 2.57 bits per heavy atom. The fourth-order valence-electron chi connectivity index (χ4n) is 3.23. The monoisotopic (exact) mass is 383 g/mol. The minimum Gasteiger partial charge on any atom is -0.450 e. The van der Waals surface area contributed by atoms with Gasteiger partial charge in [-0.2, -0.15) is 4.98 Å². The maximum Gasteiger partial charge on any atom is 0.409 e. The van der Waals surface area contributed by atoms with Crippen LogP contribution < -0.4 is 10.6 Å². The molecule has 2 aromatic rings. The van der Waals surface area contributed by atoms with Crippen LogP contribution in [0.15, 0.2) is 30.3 Å². The third kappa shape index (κ3) is 5.58. The highest BCUT2D eigenvalue weighted by Gasteiger charge is 2.24. The number of ether oxygens (including phenoxy) is 1. The van der Waals surface area contributed by atoms with Crippen molar-refractivity contribution in [3.63, 3.8) is 0 Å². The van der Waals surface area contributed by atoms with Gasteiger partial charge in [-0.05, 0) is 39.2 Å².